The molecule has 0 saturated carbocycles. The normalized spacial score (nSPS) is 14.8. The fourth-order valence-corrected chi connectivity index (χ4v) is 2.15. The van der Waals surface area contributed by atoms with Crippen molar-refractivity contribution < 1.29 is 10.2 Å². The topological polar surface area (TPSA) is 40.5 Å². The van der Waals surface area contributed by atoms with Gasteiger partial charge < -0.3 is 10.2 Å². The average Bonchev–Trinajstić information content (AvgIpc) is 2.24. The lowest BCUT2D eigenvalue weighted by Crippen LogP contribution is -2.17. The zero-order chi connectivity index (χ0) is 15.7. The van der Waals surface area contributed by atoms with Gasteiger partial charge in [-0.25, -0.2) is 0 Å². The fourth-order valence-electron chi connectivity index (χ4n) is 2.15. The van der Waals surface area contributed by atoms with Crippen LogP contribution >= 0.6 is 0 Å². The highest BCUT2D eigenvalue weighted by molar-refractivity contribution is 5.59. The molecule has 1 aromatic rings. The number of benzene rings is 1. The van der Waals surface area contributed by atoms with Gasteiger partial charge in [-0.15, -0.1) is 0 Å². The van der Waals surface area contributed by atoms with E-state index in [1.54, 1.807) is 13.0 Å². The molecule has 1 atom stereocenters. The Hall–Kier alpha value is -1.28. The Labute approximate surface area is 123 Å². The minimum Gasteiger partial charge on any atom is -0.507 e. The third-order valence-electron chi connectivity index (χ3n) is 3.32. The number of hydrogen-bond donors (Lipinski definition) is 2. The van der Waals surface area contributed by atoms with Crippen molar-refractivity contribution in [1.29, 1.82) is 0 Å². The second-order valence-electron chi connectivity index (χ2n) is 7.56. The number of aromatic hydroxyl groups is 1. The van der Waals surface area contributed by atoms with Gasteiger partial charge in [0.25, 0.3) is 0 Å². The van der Waals surface area contributed by atoms with E-state index in [4.69, 9.17) is 0 Å². The summed E-state index contributed by atoms with van der Waals surface area (Å²) < 4.78 is 0. The minimum absolute atomic E-state index is 0.126. The molecule has 1 rings (SSSR count). The monoisotopic (exact) mass is 276 g/mol. The molecule has 2 heteroatoms. The number of phenolic OH excluding ortho intramolecular Hbond substituents is 1. The third kappa shape index (κ3) is 4.11. The quantitative estimate of drug-likeness (QED) is 0.841. The predicted octanol–water partition coefficient (Wildman–Crippen LogP) is 4.38. The van der Waals surface area contributed by atoms with Crippen molar-refractivity contribution in [3.05, 3.63) is 34.9 Å². The number of hydrogen-bond acceptors (Lipinski definition) is 2. The van der Waals surface area contributed by atoms with Gasteiger partial charge in [-0.2, -0.15) is 0 Å². The molecule has 2 N–H and O–H groups in total. The second-order valence-corrected chi connectivity index (χ2v) is 7.56. The van der Waals surface area contributed by atoms with E-state index in [9.17, 15) is 10.2 Å². The van der Waals surface area contributed by atoms with Gasteiger partial charge in [-0.3, -0.25) is 0 Å². The fraction of sp³-hybridized carbons (Fsp3) is 0.556. The maximum absolute atomic E-state index is 10.6. The lowest BCUT2D eigenvalue weighted by atomic mass is 9.78. The third-order valence-corrected chi connectivity index (χ3v) is 3.32. The molecule has 112 valence electrons. The summed E-state index contributed by atoms with van der Waals surface area (Å²) in [4.78, 5) is 0. The first-order chi connectivity index (χ1) is 8.93. The number of phenols is 1. The van der Waals surface area contributed by atoms with Crippen molar-refractivity contribution in [3.63, 3.8) is 0 Å². The summed E-state index contributed by atoms with van der Waals surface area (Å²) >= 11 is 0. The Kier molecular flexibility index (Phi) is 4.70. The van der Waals surface area contributed by atoms with Crippen LogP contribution in [0, 0.1) is 0 Å². The summed E-state index contributed by atoms with van der Waals surface area (Å²) in [6.07, 6.45) is 3.19. The van der Waals surface area contributed by atoms with Crippen LogP contribution in [-0.4, -0.2) is 16.3 Å². The molecule has 0 aliphatic rings. The van der Waals surface area contributed by atoms with E-state index in [0.717, 1.165) is 16.7 Å². The van der Waals surface area contributed by atoms with Gasteiger partial charge in [0.2, 0.25) is 0 Å². The van der Waals surface area contributed by atoms with Crippen LogP contribution in [0.2, 0.25) is 0 Å². The molecule has 0 bridgehead atoms. The van der Waals surface area contributed by atoms with Crippen molar-refractivity contribution in [2.75, 3.05) is 0 Å². The van der Waals surface area contributed by atoms with Crippen molar-refractivity contribution in [1.82, 2.24) is 0 Å². The van der Waals surface area contributed by atoms with Gasteiger partial charge in [0.05, 0.1) is 6.10 Å². The van der Waals surface area contributed by atoms with E-state index >= 15 is 0 Å². The molecule has 0 radical (unpaired) electrons. The molecule has 0 fully saturated rings. The van der Waals surface area contributed by atoms with Crippen LogP contribution in [0.3, 0.4) is 0 Å². The van der Waals surface area contributed by atoms with Gasteiger partial charge >= 0.3 is 0 Å². The molecule has 0 aliphatic carbocycles. The highest BCUT2D eigenvalue weighted by atomic mass is 16.3. The van der Waals surface area contributed by atoms with E-state index in [0.29, 0.717) is 5.75 Å². The lowest BCUT2D eigenvalue weighted by Gasteiger charge is -2.27. The molecule has 0 saturated heterocycles. The molecule has 0 amide bonds. The summed E-state index contributed by atoms with van der Waals surface area (Å²) in [5.74, 6) is 0.388. The van der Waals surface area contributed by atoms with Crippen molar-refractivity contribution in [2.24, 2.45) is 0 Å². The van der Waals surface area contributed by atoms with E-state index in [-0.39, 0.29) is 10.8 Å². The summed E-state index contributed by atoms with van der Waals surface area (Å²) in [7, 11) is 0. The Morgan fingerprint density at radius 1 is 0.950 bits per heavy atom. The highest BCUT2D eigenvalue weighted by Gasteiger charge is 2.26. The maximum atomic E-state index is 10.6. The summed E-state index contributed by atoms with van der Waals surface area (Å²) in [6.45, 7) is 14.3. The van der Waals surface area contributed by atoms with Crippen LogP contribution in [0.25, 0.3) is 6.08 Å². The standard InChI is InChI=1S/C18H28O2/c1-12(19)8-9-13-10-14(17(2,3)4)16(20)15(11-13)18(5,6)7/h8-12,19-20H,1-7H3/b9-8+. The minimum atomic E-state index is -0.472. The van der Waals surface area contributed by atoms with Gasteiger partial charge in [0, 0.05) is 11.1 Å². The second kappa shape index (κ2) is 5.61. The predicted molar refractivity (Wildman–Crippen MR) is 86.2 cm³/mol. The van der Waals surface area contributed by atoms with Crippen LogP contribution in [-0.2, 0) is 10.8 Å². The van der Waals surface area contributed by atoms with Crippen LogP contribution in [0.1, 0.15) is 65.2 Å². The molecule has 2 nitrogen and oxygen atoms in total. The first kappa shape index (κ1) is 16.8. The number of rotatable bonds is 2. The van der Waals surface area contributed by atoms with E-state index < -0.39 is 6.10 Å². The molecule has 0 aliphatic heterocycles. The first-order valence-corrected chi connectivity index (χ1v) is 7.17. The van der Waals surface area contributed by atoms with Gasteiger partial charge in [-0.1, -0.05) is 53.7 Å². The molecular formula is C18H28O2. The molecule has 20 heavy (non-hydrogen) atoms. The number of aliphatic hydroxyl groups excluding tert-OH is 1. The van der Waals surface area contributed by atoms with Gasteiger partial charge in [0.1, 0.15) is 5.75 Å². The van der Waals surface area contributed by atoms with Crippen LogP contribution in [0.15, 0.2) is 18.2 Å². The zero-order valence-corrected chi connectivity index (χ0v) is 13.8. The first-order valence-electron chi connectivity index (χ1n) is 7.17. The van der Waals surface area contributed by atoms with Crippen molar-refractivity contribution >= 4 is 6.08 Å². The summed E-state index contributed by atoms with van der Waals surface area (Å²) in [5.41, 5.74) is 2.64. The Balaban J connectivity index is 3.50. The van der Waals surface area contributed by atoms with Crippen LogP contribution in [0.4, 0.5) is 0 Å². The van der Waals surface area contributed by atoms with E-state index in [2.05, 4.69) is 41.5 Å². The van der Waals surface area contributed by atoms with E-state index in [1.807, 2.05) is 18.2 Å². The van der Waals surface area contributed by atoms with Gasteiger partial charge in [0.15, 0.2) is 0 Å². The summed E-state index contributed by atoms with van der Waals surface area (Å²) in [5, 5.41) is 20.0. The van der Waals surface area contributed by atoms with Crippen LogP contribution in [0.5, 0.6) is 5.75 Å². The van der Waals surface area contributed by atoms with Gasteiger partial charge in [-0.05, 0) is 35.4 Å². The molecule has 0 aromatic heterocycles. The molecule has 1 unspecified atom stereocenters. The molecular weight excluding hydrogens is 248 g/mol. The largest absolute Gasteiger partial charge is 0.507 e. The summed E-state index contributed by atoms with van der Waals surface area (Å²) in [6, 6.07) is 4.01. The van der Waals surface area contributed by atoms with Crippen molar-refractivity contribution in [3.8, 4) is 5.75 Å². The average molecular weight is 276 g/mol. The van der Waals surface area contributed by atoms with Crippen molar-refractivity contribution in [2.45, 2.75) is 65.4 Å². The zero-order valence-electron chi connectivity index (χ0n) is 13.8. The molecule has 1 aromatic carbocycles. The smallest absolute Gasteiger partial charge is 0.123 e. The lowest BCUT2D eigenvalue weighted by molar-refractivity contribution is 0.245. The Bertz CT molecular complexity index is 462. The Morgan fingerprint density at radius 3 is 1.65 bits per heavy atom. The Morgan fingerprint density at radius 2 is 1.35 bits per heavy atom. The number of aliphatic hydroxyl groups is 1. The molecule has 0 heterocycles. The molecule has 0 spiro atoms. The van der Waals surface area contributed by atoms with Crippen LogP contribution < -0.4 is 0 Å². The SMILES string of the molecule is CC(O)/C=C/c1cc(C(C)(C)C)c(O)c(C(C)(C)C)c1. The maximum Gasteiger partial charge on any atom is 0.123 e. The highest BCUT2D eigenvalue weighted by Crippen LogP contribution is 2.39. The van der Waals surface area contributed by atoms with E-state index in [1.165, 1.54) is 0 Å².